The van der Waals surface area contributed by atoms with E-state index >= 15 is 0 Å². The Morgan fingerprint density at radius 2 is 1.72 bits per heavy atom. The lowest BCUT2D eigenvalue weighted by molar-refractivity contribution is -0.131. The average Bonchev–Trinajstić information content (AvgIpc) is 3.51. The summed E-state index contributed by atoms with van der Waals surface area (Å²) in [4.78, 5) is 26.8. The molecular formula is C25H40N6O. The molecule has 1 aromatic rings. The van der Waals surface area contributed by atoms with Crippen LogP contribution in [0.4, 0.5) is 0 Å². The summed E-state index contributed by atoms with van der Waals surface area (Å²) >= 11 is 0. The summed E-state index contributed by atoms with van der Waals surface area (Å²) in [6, 6.07) is 11.3. The number of nitrogens with one attached hydrogen (secondary N) is 1. The first-order valence-corrected chi connectivity index (χ1v) is 12.5. The second kappa shape index (κ2) is 11.7. The van der Waals surface area contributed by atoms with Crippen molar-refractivity contribution in [2.75, 3.05) is 65.4 Å². The molecule has 1 unspecified atom stereocenters. The van der Waals surface area contributed by atoms with Crippen LogP contribution in [-0.2, 0) is 11.3 Å². The second-order valence-electron chi connectivity index (χ2n) is 9.30. The van der Waals surface area contributed by atoms with Gasteiger partial charge < -0.3 is 15.1 Å². The van der Waals surface area contributed by atoms with Gasteiger partial charge in [0.25, 0.3) is 0 Å². The number of carbonyl (C=O) groups excluding carboxylic acids is 1. The summed E-state index contributed by atoms with van der Waals surface area (Å²) in [7, 11) is 0. The number of hydrogen-bond donors (Lipinski definition) is 1. The maximum Gasteiger partial charge on any atom is 0.236 e. The fourth-order valence-electron chi connectivity index (χ4n) is 5.12. The van der Waals surface area contributed by atoms with Crippen LogP contribution >= 0.6 is 0 Å². The lowest BCUT2D eigenvalue weighted by Crippen LogP contribution is -2.54. The van der Waals surface area contributed by atoms with Crippen molar-refractivity contribution in [2.45, 2.75) is 45.2 Å². The molecule has 176 valence electrons. The van der Waals surface area contributed by atoms with Crippen LogP contribution in [0.3, 0.4) is 0 Å². The fourth-order valence-corrected chi connectivity index (χ4v) is 5.12. The zero-order valence-electron chi connectivity index (χ0n) is 19.7. The highest BCUT2D eigenvalue weighted by Gasteiger charge is 2.27. The number of hydrogen-bond acceptors (Lipinski definition) is 4. The van der Waals surface area contributed by atoms with Crippen molar-refractivity contribution in [1.82, 2.24) is 24.9 Å². The van der Waals surface area contributed by atoms with Crippen molar-refractivity contribution in [2.24, 2.45) is 4.99 Å². The van der Waals surface area contributed by atoms with E-state index in [2.05, 4.69) is 57.3 Å². The van der Waals surface area contributed by atoms with Crippen LogP contribution in [-0.4, -0.2) is 103 Å². The van der Waals surface area contributed by atoms with E-state index in [1.165, 1.54) is 18.4 Å². The topological polar surface area (TPSA) is 54.4 Å². The first-order chi connectivity index (χ1) is 15.7. The van der Waals surface area contributed by atoms with Crippen molar-refractivity contribution in [3.8, 4) is 0 Å². The average molecular weight is 441 g/mol. The van der Waals surface area contributed by atoms with E-state index in [1.54, 1.807) is 0 Å². The molecule has 1 amide bonds. The summed E-state index contributed by atoms with van der Waals surface area (Å²) in [5.41, 5.74) is 1.38. The summed E-state index contributed by atoms with van der Waals surface area (Å²) in [5.74, 6) is 1.33. The first-order valence-electron chi connectivity index (χ1n) is 12.5. The Balaban J connectivity index is 1.27. The van der Waals surface area contributed by atoms with Crippen molar-refractivity contribution in [3.05, 3.63) is 35.9 Å². The smallest absolute Gasteiger partial charge is 0.236 e. The van der Waals surface area contributed by atoms with Gasteiger partial charge in [-0.3, -0.25) is 19.6 Å². The Bertz CT molecular complexity index is 740. The van der Waals surface area contributed by atoms with Crippen LogP contribution in [0.5, 0.6) is 0 Å². The van der Waals surface area contributed by atoms with E-state index in [0.717, 1.165) is 84.2 Å². The summed E-state index contributed by atoms with van der Waals surface area (Å²) in [6.07, 6.45) is 4.80. The van der Waals surface area contributed by atoms with Gasteiger partial charge in [-0.2, -0.15) is 0 Å². The number of rotatable bonds is 7. The van der Waals surface area contributed by atoms with Gasteiger partial charge in [0.2, 0.25) is 5.91 Å². The maximum atomic E-state index is 12.5. The number of aliphatic imine (C=N–C) groups is 1. The summed E-state index contributed by atoms with van der Waals surface area (Å²) in [5, 5.41) is 3.50. The molecule has 0 aliphatic carbocycles. The molecule has 7 heteroatoms. The predicted octanol–water partition coefficient (Wildman–Crippen LogP) is 1.86. The van der Waals surface area contributed by atoms with Gasteiger partial charge in [0.05, 0.1) is 13.1 Å². The number of amides is 1. The van der Waals surface area contributed by atoms with Crippen LogP contribution in [0.25, 0.3) is 0 Å². The Morgan fingerprint density at radius 3 is 2.44 bits per heavy atom. The number of likely N-dealkylation sites (tertiary alicyclic amines) is 2. The standard InChI is InChI=1S/C25H40N6O/c1-2-26-25(27-19-23-11-8-14-31(23)20-22-9-4-3-5-10-22)30-17-15-28(16-18-30)21-24(32)29-12-6-7-13-29/h3-5,9-10,23H,2,6-8,11-21H2,1H3,(H,26,27). The predicted molar refractivity (Wildman–Crippen MR) is 130 cm³/mol. The number of carbonyl (C=O) groups is 1. The van der Waals surface area contributed by atoms with E-state index in [9.17, 15) is 4.79 Å². The fraction of sp³-hybridized carbons (Fsp3) is 0.680. The molecule has 7 nitrogen and oxygen atoms in total. The maximum absolute atomic E-state index is 12.5. The number of benzene rings is 1. The van der Waals surface area contributed by atoms with Gasteiger partial charge in [-0.1, -0.05) is 30.3 Å². The molecule has 0 bridgehead atoms. The molecule has 3 aliphatic heterocycles. The van der Waals surface area contributed by atoms with E-state index in [-0.39, 0.29) is 0 Å². The minimum atomic E-state index is 0.302. The van der Waals surface area contributed by atoms with Gasteiger partial charge in [0, 0.05) is 58.4 Å². The molecular weight excluding hydrogens is 400 g/mol. The van der Waals surface area contributed by atoms with E-state index in [4.69, 9.17) is 4.99 Å². The molecule has 0 radical (unpaired) electrons. The Kier molecular flexibility index (Phi) is 8.40. The third-order valence-corrected chi connectivity index (χ3v) is 7.00. The molecule has 1 atom stereocenters. The Morgan fingerprint density at radius 1 is 0.969 bits per heavy atom. The quantitative estimate of drug-likeness (QED) is 0.518. The third-order valence-electron chi connectivity index (χ3n) is 7.00. The molecule has 3 aliphatic rings. The molecule has 32 heavy (non-hydrogen) atoms. The lowest BCUT2D eigenvalue weighted by atomic mass is 10.2. The monoisotopic (exact) mass is 440 g/mol. The second-order valence-corrected chi connectivity index (χ2v) is 9.30. The molecule has 4 rings (SSSR count). The summed E-state index contributed by atoms with van der Waals surface area (Å²) < 4.78 is 0. The highest BCUT2D eigenvalue weighted by molar-refractivity contribution is 5.80. The number of nitrogens with zero attached hydrogens (tertiary/aromatic N) is 5. The van der Waals surface area contributed by atoms with Crippen molar-refractivity contribution < 1.29 is 4.79 Å². The molecule has 0 spiro atoms. The van der Waals surface area contributed by atoms with Crippen LogP contribution < -0.4 is 5.32 Å². The summed E-state index contributed by atoms with van der Waals surface area (Å²) in [6.45, 7) is 12.2. The Hall–Kier alpha value is -2.12. The van der Waals surface area contributed by atoms with Gasteiger partial charge in [-0.15, -0.1) is 0 Å². The van der Waals surface area contributed by atoms with Crippen LogP contribution in [0, 0.1) is 0 Å². The molecule has 0 aromatic heterocycles. The van der Waals surface area contributed by atoms with E-state index in [1.807, 2.05) is 4.90 Å². The van der Waals surface area contributed by atoms with Crippen LogP contribution in [0.1, 0.15) is 38.2 Å². The van der Waals surface area contributed by atoms with Gasteiger partial charge in [0.1, 0.15) is 0 Å². The highest BCUT2D eigenvalue weighted by atomic mass is 16.2. The van der Waals surface area contributed by atoms with Crippen LogP contribution in [0.15, 0.2) is 35.3 Å². The van der Waals surface area contributed by atoms with Gasteiger partial charge in [-0.05, 0) is 44.7 Å². The third kappa shape index (κ3) is 6.23. The van der Waals surface area contributed by atoms with Gasteiger partial charge in [0.15, 0.2) is 5.96 Å². The molecule has 3 saturated heterocycles. The molecule has 0 saturated carbocycles. The largest absolute Gasteiger partial charge is 0.357 e. The van der Waals surface area contributed by atoms with Gasteiger partial charge in [-0.25, -0.2) is 0 Å². The SMILES string of the molecule is CCNC(=NCC1CCCN1Cc1ccccc1)N1CCN(CC(=O)N2CCCC2)CC1. The normalized spacial score (nSPS) is 23.2. The number of guanidine groups is 1. The number of piperazine rings is 1. The first kappa shape index (κ1) is 23.1. The van der Waals surface area contributed by atoms with E-state index in [0.29, 0.717) is 18.5 Å². The molecule has 1 N–H and O–H groups in total. The van der Waals surface area contributed by atoms with Gasteiger partial charge >= 0.3 is 0 Å². The molecule has 3 fully saturated rings. The Labute approximate surface area is 193 Å². The minimum absolute atomic E-state index is 0.302. The van der Waals surface area contributed by atoms with Crippen molar-refractivity contribution >= 4 is 11.9 Å². The lowest BCUT2D eigenvalue weighted by Gasteiger charge is -2.37. The van der Waals surface area contributed by atoms with E-state index < -0.39 is 0 Å². The molecule has 1 aromatic carbocycles. The van der Waals surface area contributed by atoms with Crippen molar-refractivity contribution in [3.63, 3.8) is 0 Å². The zero-order chi connectivity index (χ0) is 22.2. The minimum Gasteiger partial charge on any atom is -0.357 e. The van der Waals surface area contributed by atoms with Crippen molar-refractivity contribution in [1.29, 1.82) is 0 Å². The highest BCUT2D eigenvalue weighted by Crippen LogP contribution is 2.20. The molecule has 3 heterocycles. The zero-order valence-corrected chi connectivity index (χ0v) is 19.7. The van der Waals surface area contributed by atoms with Crippen LogP contribution in [0.2, 0.25) is 0 Å².